The van der Waals surface area contributed by atoms with Crippen LogP contribution in [0.3, 0.4) is 0 Å². The average Bonchev–Trinajstić information content (AvgIpc) is 3.00. The maximum atomic E-state index is 13.7. The Balaban J connectivity index is 1.89. The van der Waals surface area contributed by atoms with Gasteiger partial charge in [0, 0.05) is 0 Å². The molecule has 0 fully saturated rings. The molecule has 0 amide bonds. The third-order valence-corrected chi connectivity index (χ3v) is 6.08. The Labute approximate surface area is 186 Å². The lowest BCUT2D eigenvalue weighted by Crippen LogP contribution is -2.31. The van der Waals surface area contributed by atoms with Gasteiger partial charge in [-0.05, 0) is 59.4 Å². The summed E-state index contributed by atoms with van der Waals surface area (Å²) in [5.41, 5.74) is 8.25. The number of allylic oxidation sites excluding steroid dienone is 1. The van der Waals surface area contributed by atoms with Gasteiger partial charge in [-0.25, -0.2) is 0 Å². The topological polar surface area (TPSA) is 38.0 Å². The van der Waals surface area contributed by atoms with E-state index in [0.717, 1.165) is 30.0 Å². The van der Waals surface area contributed by atoms with E-state index in [9.17, 15) is 13.2 Å². The van der Waals surface area contributed by atoms with Crippen molar-refractivity contribution in [3.63, 3.8) is 0 Å². The molecule has 9 heteroatoms. The highest BCUT2D eigenvalue weighted by Crippen LogP contribution is 2.41. The zero-order chi connectivity index (χ0) is 21.3. The highest BCUT2D eigenvalue weighted by Gasteiger charge is 2.39. The Morgan fingerprint density at radius 3 is 2.41 bits per heavy atom. The molecule has 29 heavy (non-hydrogen) atoms. The number of aryl methyl sites for hydroxylation is 1. The van der Waals surface area contributed by atoms with Crippen LogP contribution < -0.4 is 11.1 Å². The molecule has 0 saturated heterocycles. The first-order valence-corrected chi connectivity index (χ1v) is 10.2. The van der Waals surface area contributed by atoms with E-state index in [4.69, 9.17) is 52.8 Å². The van der Waals surface area contributed by atoms with Gasteiger partial charge in [-0.15, -0.1) is 0 Å². The summed E-state index contributed by atoms with van der Waals surface area (Å²) in [6.45, 7) is 0. The maximum absolute atomic E-state index is 13.7. The lowest BCUT2D eigenvalue weighted by molar-refractivity contribution is -0.139. The van der Waals surface area contributed by atoms with Gasteiger partial charge in [0.15, 0.2) is 5.11 Å². The van der Waals surface area contributed by atoms with Gasteiger partial charge in [-0.3, -0.25) is 0 Å². The summed E-state index contributed by atoms with van der Waals surface area (Å²) < 4.78 is 41.0. The molecule has 0 heterocycles. The quantitative estimate of drug-likeness (QED) is 0.373. The third-order valence-electron chi connectivity index (χ3n) is 4.76. The maximum Gasteiger partial charge on any atom is 0.399 e. The number of rotatable bonds is 4. The summed E-state index contributed by atoms with van der Waals surface area (Å²) in [5.74, 6) is -1.87. The van der Waals surface area contributed by atoms with Crippen molar-refractivity contribution in [1.29, 1.82) is 0 Å². The molecule has 2 aromatic carbocycles. The minimum atomic E-state index is -4.51. The summed E-state index contributed by atoms with van der Waals surface area (Å²) in [6.07, 6.45) is -0.352. The van der Waals surface area contributed by atoms with Gasteiger partial charge in [0.05, 0.1) is 27.0 Å². The number of thiocarbonyl (C=S) groups is 1. The molecule has 2 nitrogen and oxygen atoms in total. The fraction of sp³-hybridized carbons (Fsp3) is 0.250. The molecule has 0 saturated carbocycles. The normalized spacial score (nSPS) is 17.4. The molecule has 3 rings (SSSR count). The zero-order valence-corrected chi connectivity index (χ0v) is 17.9. The van der Waals surface area contributed by atoms with E-state index in [-0.39, 0.29) is 31.8 Å². The largest absolute Gasteiger partial charge is 0.399 e. The first-order valence-electron chi connectivity index (χ1n) is 8.64. The first-order chi connectivity index (χ1) is 13.6. The monoisotopic (exact) mass is 478 g/mol. The number of alkyl halides is 3. The fourth-order valence-electron chi connectivity index (χ4n) is 3.43. The number of benzene rings is 2. The van der Waals surface area contributed by atoms with Crippen molar-refractivity contribution in [2.75, 3.05) is 0 Å². The van der Waals surface area contributed by atoms with Crippen molar-refractivity contribution in [1.82, 2.24) is 5.32 Å². The van der Waals surface area contributed by atoms with E-state index in [2.05, 4.69) is 5.32 Å². The Morgan fingerprint density at radius 2 is 1.83 bits per heavy atom. The summed E-state index contributed by atoms with van der Waals surface area (Å²) in [4.78, 5) is 0. The molecule has 1 aliphatic rings. The van der Waals surface area contributed by atoms with Gasteiger partial charge in [0.1, 0.15) is 0 Å². The van der Waals surface area contributed by atoms with Crippen LogP contribution in [0.4, 0.5) is 13.2 Å². The summed E-state index contributed by atoms with van der Waals surface area (Å²) >= 11 is 22.6. The summed E-state index contributed by atoms with van der Waals surface area (Å²) in [6, 6.07) is 7.94. The Bertz CT molecular complexity index is 953. The molecular formula is C20H16Cl3F3N2S. The molecule has 2 aromatic rings. The SMILES string of the molecule is NC(=S)NC1CCc2cc(/C=C/C(c3cc(Cl)c(Cl)c(Cl)c3)C(F)(F)F)ccc21. The summed E-state index contributed by atoms with van der Waals surface area (Å²) in [7, 11) is 0. The second-order valence-electron chi connectivity index (χ2n) is 6.74. The molecule has 0 bridgehead atoms. The average molecular weight is 480 g/mol. The van der Waals surface area contributed by atoms with Gasteiger partial charge in [0.25, 0.3) is 0 Å². The predicted octanol–water partition coefficient (Wildman–Crippen LogP) is 6.83. The molecule has 0 aliphatic heterocycles. The Hall–Kier alpha value is -1.47. The molecule has 0 spiro atoms. The van der Waals surface area contributed by atoms with Gasteiger partial charge < -0.3 is 11.1 Å². The first kappa shape index (κ1) is 22.2. The highest BCUT2D eigenvalue weighted by atomic mass is 35.5. The van der Waals surface area contributed by atoms with Gasteiger partial charge >= 0.3 is 6.18 Å². The third kappa shape index (κ3) is 5.18. The minimum absolute atomic E-state index is 0.0225. The molecule has 2 unspecified atom stereocenters. The minimum Gasteiger partial charge on any atom is -0.376 e. The fourth-order valence-corrected chi connectivity index (χ4v) is 4.19. The van der Waals surface area contributed by atoms with E-state index in [1.165, 1.54) is 18.2 Å². The predicted molar refractivity (Wildman–Crippen MR) is 117 cm³/mol. The molecule has 154 valence electrons. The number of nitrogens with one attached hydrogen (secondary N) is 1. The smallest absolute Gasteiger partial charge is 0.376 e. The molecule has 3 N–H and O–H groups in total. The molecule has 2 atom stereocenters. The lowest BCUT2D eigenvalue weighted by Gasteiger charge is -2.18. The van der Waals surface area contributed by atoms with Crippen molar-refractivity contribution in [3.05, 3.63) is 73.7 Å². The zero-order valence-electron chi connectivity index (χ0n) is 14.9. The van der Waals surface area contributed by atoms with E-state index < -0.39 is 12.1 Å². The van der Waals surface area contributed by atoms with Gasteiger partial charge in [0.2, 0.25) is 0 Å². The van der Waals surface area contributed by atoms with Gasteiger partial charge in [-0.2, -0.15) is 13.2 Å². The van der Waals surface area contributed by atoms with Crippen LogP contribution in [0.25, 0.3) is 6.08 Å². The molecule has 0 radical (unpaired) electrons. The van der Waals surface area contributed by atoms with Crippen LogP contribution in [0.15, 0.2) is 36.4 Å². The molecule has 1 aliphatic carbocycles. The van der Waals surface area contributed by atoms with E-state index in [0.29, 0.717) is 5.56 Å². The van der Waals surface area contributed by atoms with E-state index >= 15 is 0 Å². The van der Waals surface area contributed by atoms with Crippen LogP contribution in [-0.4, -0.2) is 11.3 Å². The Kier molecular flexibility index (Phi) is 6.68. The van der Waals surface area contributed by atoms with Crippen molar-refractivity contribution < 1.29 is 13.2 Å². The number of hydrogen-bond donors (Lipinski definition) is 2. The van der Waals surface area contributed by atoms with E-state index in [1.807, 2.05) is 12.1 Å². The van der Waals surface area contributed by atoms with Crippen LogP contribution in [0.5, 0.6) is 0 Å². The van der Waals surface area contributed by atoms with Gasteiger partial charge in [-0.1, -0.05) is 65.2 Å². The number of hydrogen-bond acceptors (Lipinski definition) is 1. The lowest BCUT2D eigenvalue weighted by atomic mass is 9.96. The van der Waals surface area contributed by atoms with Crippen molar-refractivity contribution in [2.24, 2.45) is 5.73 Å². The highest BCUT2D eigenvalue weighted by molar-refractivity contribution is 7.80. The second kappa shape index (κ2) is 8.72. The van der Waals surface area contributed by atoms with Crippen LogP contribution in [0, 0.1) is 0 Å². The van der Waals surface area contributed by atoms with Crippen LogP contribution in [-0.2, 0) is 6.42 Å². The second-order valence-corrected chi connectivity index (χ2v) is 8.37. The Morgan fingerprint density at radius 1 is 1.17 bits per heavy atom. The van der Waals surface area contributed by atoms with Crippen molar-refractivity contribution >= 4 is 58.2 Å². The number of nitrogens with two attached hydrogens (primary N) is 1. The molecular weight excluding hydrogens is 464 g/mol. The van der Waals surface area contributed by atoms with Crippen LogP contribution in [0.1, 0.15) is 40.6 Å². The standard InChI is InChI=1S/C20H16Cl3F3N2S/c21-15-8-12(9-16(22)18(15)23)14(20(24,25)26)5-2-10-1-4-13-11(7-10)3-6-17(13)28-19(27)29/h1-2,4-5,7-9,14,17H,3,6H2,(H3,27,28,29)/b5-2+. The van der Waals surface area contributed by atoms with Crippen molar-refractivity contribution in [2.45, 2.75) is 31.0 Å². The van der Waals surface area contributed by atoms with Crippen molar-refractivity contribution in [3.8, 4) is 0 Å². The molecule has 0 aromatic heterocycles. The van der Waals surface area contributed by atoms with E-state index in [1.54, 1.807) is 6.07 Å². The number of fused-ring (bicyclic) bond motifs is 1. The summed E-state index contributed by atoms with van der Waals surface area (Å²) in [5, 5.41) is 3.24. The number of halogens is 6. The van der Waals surface area contributed by atoms with Crippen LogP contribution in [0.2, 0.25) is 15.1 Å². The van der Waals surface area contributed by atoms with Crippen LogP contribution >= 0.6 is 47.0 Å².